The van der Waals surface area contributed by atoms with E-state index >= 15 is 0 Å². The lowest BCUT2D eigenvalue weighted by Crippen LogP contribution is -2.37. The molecule has 2 atom stereocenters. The van der Waals surface area contributed by atoms with Gasteiger partial charge in [-0.2, -0.15) is 0 Å². The quantitative estimate of drug-likeness (QED) is 0.662. The van der Waals surface area contributed by atoms with Gasteiger partial charge in [0.15, 0.2) is 0 Å². The van der Waals surface area contributed by atoms with Gasteiger partial charge in [-0.25, -0.2) is 0 Å². The van der Waals surface area contributed by atoms with Crippen molar-refractivity contribution in [3.8, 4) is 0 Å². The van der Waals surface area contributed by atoms with E-state index in [1.165, 1.54) is 5.56 Å². The van der Waals surface area contributed by atoms with Crippen molar-refractivity contribution < 1.29 is 24.3 Å². The van der Waals surface area contributed by atoms with Gasteiger partial charge in [-0.3, -0.25) is 24.1 Å². The minimum atomic E-state index is -1.06. The Bertz CT molecular complexity index is 985. The highest BCUT2D eigenvalue weighted by Gasteiger charge is 2.45. The highest BCUT2D eigenvalue weighted by Crippen LogP contribution is 2.32. The third-order valence-corrected chi connectivity index (χ3v) is 6.08. The molecule has 0 bridgehead atoms. The summed E-state index contributed by atoms with van der Waals surface area (Å²) in [5, 5.41) is 9.31. The molecule has 0 aliphatic carbocycles. The van der Waals surface area contributed by atoms with E-state index in [-0.39, 0.29) is 30.7 Å². The van der Waals surface area contributed by atoms with Gasteiger partial charge < -0.3 is 10.0 Å². The second-order valence-electron chi connectivity index (χ2n) is 8.10. The Balaban J connectivity index is 1.44. The summed E-state index contributed by atoms with van der Waals surface area (Å²) in [5.41, 5.74) is 1.89. The average Bonchev–Trinajstić information content (AvgIpc) is 3.18. The van der Waals surface area contributed by atoms with Crippen LogP contribution in [0.25, 0.3) is 0 Å². The van der Waals surface area contributed by atoms with E-state index in [1.54, 1.807) is 29.2 Å². The number of fused-ring (bicyclic) bond motifs is 1. The smallest absolute Gasteiger partial charge is 0.304 e. The van der Waals surface area contributed by atoms with E-state index in [0.29, 0.717) is 24.2 Å². The number of hydrogen-bond donors (Lipinski definition) is 1. The molecule has 7 nitrogen and oxygen atoms in total. The van der Waals surface area contributed by atoms with E-state index in [1.807, 2.05) is 30.3 Å². The SMILES string of the molecule is O=C(O)CC1C(=O)N(CCCc2ccccc2)CC1CN1C(=O)c2ccccc2C1=O. The van der Waals surface area contributed by atoms with Gasteiger partial charge in [0.2, 0.25) is 5.91 Å². The molecule has 0 spiro atoms. The monoisotopic (exact) mass is 420 g/mol. The van der Waals surface area contributed by atoms with E-state index in [9.17, 15) is 24.3 Å². The Morgan fingerprint density at radius 2 is 1.55 bits per heavy atom. The predicted octanol–water partition coefficient (Wildman–Crippen LogP) is 2.46. The van der Waals surface area contributed by atoms with Crippen LogP contribution in [-0.4, -0.2) is 58.2 Å². The Morgan fingerprint density at radius 3 is 2.16 bits per heavy atom. The standard InChI is InChI=1S/C24H24N2O5/c27-21(28)13-20-17(15-26-23(30)18-10-4-5-11-19(18)24(26)31)14-25(22(20)29)12-6-9-16-7-2-1-3-8-16/h1-5,7-8,10-11,17,20H,6,9,12-15H2,(H,27,28). The molecule has 2 heterocycles. The van der Waals surface area contributed by atoms with Gasteiger partial charge in [-0.1, -0.05) is 42.5 Å². The van der Waals surface area contributed by atoms with E-state index in [4.69, 9.17) is 0 Å². The largest absolute Gasteiger partial charge is 0.481 e. The minimum absolute atomic E-state index is 0.0468. The van der Waals surface area contributed by atoms with Gasteiger partial charge in [0, 0.05) is 25.6 Å². The summed E-state index contributed by atoms with van der Waals surface area (Å²) in [6, 6.07) is 16.6. The first-order valence-corrected chi connectivity index (χ1v) is 10.5. The molecule has 1 saturated heterocycles. The van der Waals surface area contributed by atoms with Crippen LogP contribution in [0.2, 0.25) is 0 Å². The van der Waals surface area contributed by atoms with E-state index < -0.39 is 17.8 Å². The van der Waals surface area contributed by atoms with Crippen LogP contribution in [0.1, 0.15) is 39.1 Å². The number of aliphatic carboxylic acids is 1. The maximum absolute atomic E-state index is 12.9. The van der Waals surface area contributed by atoms with Gasteiger partial charge in [-0.05, 0) is 30.5 Å². The molecule has 7 heteroatoms. The molecule has 4 rings (SSSR count). The number of hydrogen-bond acceptors (Lipinski definition) is 4. The van der Waals surface area contributed by atoms with Crippen LogP contribution in [0.15, 0.2) is 54.6 Å². The lowest BCUT2D eigenvalue weighted by molar-refractivity contribution is -0.142. The molecule has 1 N–H and O–H groups in total. The number of carbonyl (C=O) groups excluding carboxylic acids is 3. The zero-order valence-corrected chi connectivity index (χ0v) is 17.1. The molecule has 1 fully saturated rings. The number of nitrogens with zero attached hydrogens (tertiary/aromatic N) is 2. The van der Waals surface area contributed by atoms with Crippen molar-refractivity contribution in [1.29, 1.82) is 0 Å². The van der Waals surface area contributed by atoms with E-state index in [2.05, 4.69) is 0 Å². The van der Waals surface area contributed by atoms with Crippen molar-refractivity contribution in [3.05, 3.63) is 71.3 Å². The van der Waals surface area contributed by atoms with Crippen molar-refractivity contribution in [3.63, 3.8) is 0 Å². The summed E-state index contributed by atoms with van der Waals surface area (Å²) in [6.07, 6.45) is 1.27. The first kappa shape index (κ1) is 20.8. The molecule has 160 valence electrons. The second kappa shape index (κ2) is 8.71. The Hall–Kier alpha value is -3.48. The van der Waals surface area contributed by atoms with Gasteiger partial charge in [-0.15, -0.1) is 0 Å². The lowest BCUT2D eigenvalue weighted by Gasteiger charge is -2.21. The summed E-state index contributed by atoms with van der Waals surface area (Å²) in [6.45, 7) is 0.909. The molecule has 0 aromatic heterocycles. The van der Waals surface area contributed by atoms with E-state index in [0.717, 1.165) is 17.7 Å². The molecular weight excluding hydrogens is 396 g/mol. The summed E-state index contributed by atoms with van der Waals surface area (Å²) in [7, 11) is 0. The molecule has 2 aliphatic heterocycles. The maximum Gasteiger partial charge on any atom is 0.304 e. The van der Waals surface area contributed by atoms with Crippen LogP contribution in [0, 0.1) is 11.8 Å². The summed E-state index contributed by atoms with van der Waals surface area (Å²) >= 11 is 0. The Kier molecular flexibility index (Phi) is 5.84. The number of amides is 3. The van der Waals surface area contributed by atoms with Gasteiger partial charge in [0.25, 0.3) is 11.8 Å². The number of likely N-dealkylation sites (tertiary alicyclic amines) is 1. The molecular formula is C24H24N2O5. The third-order valence-electron chi connectivity index (χ3n) is 6.08. The molecule has 2 aromatic carbocycles. The fourth-order valence-corrected chi connectivity index (χ4v) is 4.52. The predicted molar refractivity (Wildman–Crippen MR) is 112 cm³/mol. The van der Waals surface area contributed by atoms with Crippen molar-refractivity contribution in [1.82, 2.24) is 9.80 Å². The topological polar surface area (TPSA) is 95.0 Å². The van der Waals surface area contributed by atoms with Crippen LogP contribution in [-0.2, 0) is 16.0 Å². The van der Waals surface area contributed by atoms with Crippen LogP contribution >= 0.6 is 0 Å². The average molecular weight is 420 g/mol. The normalized spacial score (nSPS) is 20.5. The molecule has 31 heavy (non-hydrogen) atoms. The summed E-state index contributed by atoms with van der Waals surface area (Å²) in [5.74, 6) is -3.18. The Morgan fingerprint density at radius 1 is 0.935 bits per heavy atom. The molecule has 0 radical (unpaired) electrons. The molecule has 2 unspecified atom stereocenters. The second-order valence-corrected chi connectivity index (χ2v) is 8.10. The first-order chi connectivity index (χ1) is 15.0. The summed E-state index contributed by atoms with van der Waals surface area (Å²) < 4.78 is 0. The van der Waals surface area contributed by atoms with Crippen LogP contribution in [0.4, 0.5) is 0 Å². The highest BCUT2D eigenvalue weighted by atomic mass is 16.4. The fraction of sp³-hybridized carbons (Fsp3) is 0.333. The molecule has 2 aliphatic rings. The third kappa shape index (κ3) is 4.21. The van der Waals surface area contributed by atoms with Crippen molar-refractivity contribution in [2.75, 3.05) is 19.6 Å². The van der Waals surface area contributed by atoms with Crippen molar-refractivity contribution in [2.45, 2.75) is 19.3 Å². The number of aryl methyl sites for hydroxylation is 1. The number of carbonyl (C=O) groups is 4. The van der Waals surface area contributed by atoms with Crippen molar-refractivity contribution >= 4 is 23.7 Å². The van der Waals surface area contributed by atoms with Crippen LogP contribution in [0.3, 0.4) is 0 Å². The zero-order chi connectivity index (χ0) is 22.0. The van der Waals surface area contributed by atoms with Gasteiger partial charge in [0.05, 0.1) is 23.5 Å². The number of carboxylic acid groups (broad SMARTS) is 1. The van der Waals surface area contributed by atoms with Gasteiger partial charge in [0.1, 0.15) is 0 Å². The first-order valence-electron chi connectivity index (χ1n) is 10.5. The fourth-order valence-electron chi connectivity index (χ4n) is 4.52. The van der Waals surface area contributed by atoms with Crippen LogP contribution < -0.4 is 0 Å². The lowest BCUT2D eigenvalue weighted by atomic mass is 9.92. The number of imide groups is 1. The maximum atomic E-state index is 12.9. The Labute approximate surface area is 180 Å². The highest BCUT2D eigenvalue weighted by molar-refractivity contribution is 6.21. The zero-order valence-electron chi connectivity index (χ0n) is 17.1. The van der Waals surface area contributed by atoms with Crippen LogP contribution in [0.5, 0.6) is 0 Å². The van der Waals surface area contributed by atoms with Gasteiger partial charge >= 0.3 is 5.97 Å². The number of rotatable bonds is 8. The van der Waals surface area contributed by atoms with Crippen molar-refractivity contribution in [2.24, 2.45) is 11.8 Å². The minimum Gasteiger partial charge on any atom is -0.481 e. The number of benzene rings is 2. The molecule has 2 aromatic rings. The summed E-state index contributed by atoms with van der Waals surface area (Å²) in [4.78, 5) is 52.6. The number of carboxylic acids is 1. The molecule has 0 saturated carbocycles. The molecule has 3 amide bonds.